The number of benzene rings is 1. The highest BCUT2D eigenvalue weighted by Crippen LogP contribution is 2.26. The highest BCUT2D eigenvalue weighted by atomic mass is 79.9. The molecule has 3 N–H and O–H groups in total. The van der Waals surface area contributed by atoms with Gasteiger partial charge in [-0.05, 0) is 28.1 Å². The van der Waals surface area contributed by atoms with Gasteiger partial charge in [-0.25, -0.2) is 9.59 Å². The second kappa shape index (κ2) is 6.15. The molecule has 1 aromatic carbocycles. The maximum absolute atomic E-state index is 11.7. The van der Waals surface area contributed by atoms with E-state index in [1.54, 1.807) is 12.1 Å². The van der Waals surface area contributed by atoms with Crippen molar-refractivity contribution >= 4 is 33.6 Å². The molecule has 0 spiro atoms. The highest BCUT2D eigenvalue weighted by Gasteiger charge is 2.15. The van der Waals surface area contributed by atoms with Crippen LogP contribution in [0.25, 0.3) is 0 Å². The molecule has 2 rings (SSSR count). The molecule has 0 aliphatic rings. The number of amides is 2. The predicted octanol–water partition coefficient (Wildman–Crippen LogP) is 1.85. The summed E-state index contributed by atoms with van der Waals surface area (Å²) in [6.45, 7) is 0.0647. The fourth-order valence-electron chi connectivity index (χ4n) is 1.42. The molecule has 1 aromatic heterocycles. The third-order valence-corrected chi connectivity index (χ3v) is 2.96. The van der Waals surface area contributed by atoms with Crippen LogP contribution < -0.4 is 10.6 Å². The number of hydrogen-bond donors (Lipinski definition) is 3. The molecule has 2 aromatic rings. The van der Waals surface area contributed by atoms with E-state index in [0.717, 1.165) is 6.39 Å². The Bertz CT molecular complexity index is 629. The van der Waals surface area contributed by atoms with E-state index in [-0.39, 0.29) is 17.8 Å². The number of rotatable bonds is 4. The third kappa shape index (κ3) is 3.32. The lowest BCUT2D eigenvalue weighted by Gasteiger charge is -2.10. The van der Waals surface area contributed by atoms with Gasteiger partial charge in [0.05, 0.1) is 17.8 Å². The molecule has 0 aliphatic heterocycles. The molecule has 0 aliphatic carbocycles. The van der Waals surface area contributed by atoms with Crippen LogP contribution in [0.5, 0.6) is 0 Å². The molecular weight excluding hydrogens is 332 g/mol. The van der Waals surface area contributed by atoms with Crippen LogP contribution in [0, 0.1) is 0 Å². The van der Waals surface area contributed by atoms with Crippen LogP contribution in [-0.4, -0.2) is 27.2 Å². The Balaban J connectivity index is 2.06. The summed E-state index contributed by atoms with van der Waals surface area (Å²) >= 11 is 3.19. The zero-order valence-electron chi connectivity index (χ0n) is 9.96. The van der Waals surface area contributed by atoms with Gasteiger partial charge in [-0.2, -0.15) is 4.98 Å². The van der Waals surface area contributed by atoms with Crippen molar-refractivity contribution in [1.29, 1.82) is 0 Å². The number of aromatic nitrogens is 2. The quantitative estimate of drug-likeness (QED) is 0.781. The SMILES string of the molecule is O=C(NCc1ncon1)Nc1c(Br)cccc1C(=O)O. The standard InChI is InChI=1S/C11H9BrN4O4/c12-7-3-1-2-6(10(17)18)9(7)15-11(19)13-4-8-14-5-20-16-8/h1-3,5H,4H2,(H,17,18)(H2,13,15,19). The van der Waals surface area contributed by atoms with Crippen LogP contribution in [0.15, 0.2) is 33.6 Å². The Morgan fingerprint density at radius 2 is 2.20 bits per heavy atom. The first kappa shape index (κ1) is 14.0. The van der Waals surface area contributed by atoms with Crippen LogP contribution in [-0.2, 0) is 6.54 Å². The van der Waals surface area contributed by atoms with Crippen molar-refractivity contribution in [2.45, 2.75) is 6.54 Å². The number of para-hydroxylation sites is 1. The average Bonchev–Trinajstić information content (AvgIpc) is 2.91. The Morgan fingerprint density at radius 1 is 1.40 bits per heavy atom. The molecule has 104 valence electrons. The Morgan fingerprint density at radius 3 is 2.85 bits per heavy atom. The number of hydrogen-bond acceptors (Lipinski definition) is 5. The van der Waals surface area contributed by atoms with Crippen LogP contribution in [0.4, 0.5) is 10.5 Å². The molecule has 9 heteroatoms. The van der Waals surface area contributed by atoms with Gasteiger partial charge in [0.1, 0.15) is 0 Å². The van der Waals surface area contributed by atoms with Crippen molar-refractivity contribution in [2.75, 3.05) is 5.32 Å². The number of carbonyl (C=O) groups is 2. The molecule has 0 bridgehead atoms. The number of anilines is 1. The van der Waals surface area contributed by atoms with Crippen molar-refractivity contribution < 1.29 is 19.2 Å². The zero-order chi connectivity index (χ0) is 14.5. The van der Waals surface area contributed by atoms with Gasteiger partial charge in [-0.15, -0.1) is 0 Å². The van der Waals surface area contributed by atoms with Crippen molar-refractivity contribution in [1.82, 2.24) is 15.5 Å². The van der Waals surface area contributed by atoms with E-state index in [1.165, 1.54) is 6.07 Å². The van der Waals surface area contributed by atoms with Gasteiger partial charge in [0, 0.05) is 4.47 Å². The minimum atomic E-state index is -1.14. The number of nitrogens with one attached hydrogen (secondary N) is 2. The number of nitrogens with zero attached hydrogens (tertiary/aromatic N) is 2. The number of carboxylic acid groups (broad SMARTS) is 1. The molecule has 0 radical (unpaired) electrons. The first-order valence-corrected chi connectivity index (χ1v) is 6.19. The Kier molecular flexibility index (Phi) is 4.31. The summed E-state index contributed by atoms with van der Waals surface area (Å²) in [5.74, 6) is -0.828. The first-order valence-electron chi connectivity index (χ1n) is 5.40. The van der Waals surface area contributed by atoms with Crippen LogP contribution >= 0.6 is 15.9 Å². The lowest BCUT2D eigenvalue weighted by atomic mass is 10.2. The van der Waals surface area contributed by atoms with E-state index in [4.69, 9.17) is 5.11 Å². The van der Waals surface area contributed by atoms with Crippen molar-refractivity contribution in [3.05, 3.63) is 40.5 Å². The van der Waals surface area contributed by atoms with Crippen molar-refractivity contribution in [3.63, 3.8) is 0 Å². The lowest BCUT2D eigenvalue weighted by molar-refractivity contribution is 0.0698. The summed E-state index contributed by atoms with van der Waals surface area (Å²) in [5.41, 5.74) is 0.152. The van der Waals surface area contributed by atoms with Gasteiger partial charge in [0.25, 0.3) is 0 Å². The largest absolute Gasteiger partial charge is 0.478 e. The average molecular weight is 341 g/mol. The second-order valence-electron chi connectivity index (χ2n) is 3.62. The number of carbonyl (C=O) groups excluding carboxylic acids is 1. The predicted molar refractivity (Wildman–Crippen MR) is 71.3 cm³/mol. The van der Waals surface area contributed by atoms with Crippen LogP contribution in [0.1, 0.15) is 16.2 Å². The molecule has 0 unspecified atom stereocenters. The molecule has 0 atom stereocenters. The van der Waals surface area contributed by atoms with Gasteiger partial charge in [-0.3, -0.25) is 0 Å². The number of aromatic carboxylic acids is 1. The molecule has 0 fully saturated rings. The monoisotopic (exact) mass is 340 g/mol. The maximum Gasteiger partial charge on any atom is 0.337 e. The van der Waals surface area contributed by atoms with Crippen LogP contribution in [0.2, 0.25) is 0 Å². The topological polar surface area (TPSA) is 117 Å². The molecule has 8 nitrogen and oxygen atoms in total. The molecule has 2 amide bonds. The van der Waals surface area contributed by atoms with Crippen LogP contribution in [0.3, 0.4) is 0 Å². The van der Waals surface area contributed by atoms with Gasteiger partial charge < -0.3 is 20.3 Å². The van der Waals surface area contributed by atoms with E-state index >= 15 is 0 Å². The maximum atomic E-state index is 11.7. The van der Waals surface area contributed by atoms with Crippen molar-refractivity contribution in [3.8, 4) is 0 Å². The second-order valence-corrected chi connectivity index (χ2v) is 4.48. The zero-order valence-corrected chi connectivity index (χ0v) is 11.5. The van der Waals surface area contributed by atoms with E-state index in [2.05, 4.69) is 41.2 Å². The van der Waals surface area contributed by atoms with Gasteiger partial charge in [0.2, 0.25) is 6.39 Å². The molecule has 0 saturated heterocycles. The lowest BCUT2D eigenvalue weighted by Crippen LogP contribution is -2.29. The molecule has 0 saturated carbocycles. The summed E-state index contributed by atoms with van der Waals surface area (Å²) in [6.07, 6.45) is 1.14. The molecule has 20 heavy (non-hydrogen) atoms. The van der Waals surface area contributed by atoms with Gasteiger partial charge in [0.15, 0.2) is 5.82 Å². The summed E-state index contributed by atoms with van der Waals surface area (Å²) in [6, 6.07) is 4.00. The van der Waals surface area contributed by atoms with Crippen molar-refractivity contribution in [2.24, 2.45) is 0 Å². The minimum absolute atomic E-state index is 0.0194. The first-order chi connectivity index (χ1) is 9.58. The third-order valence-electron chi connectivity index (χ3n) is 2.30. The number of carboxylic acids is 1. The Hall–Kier alpha value is -2.42. The summed E-state index contributed by atoms with van der Waals surface area (Å²) in [7, 11) is 0. The van der Waals surface area contributed by atoms with Gasteiger partial charge >= 0.3 is 12.0 Å². The normalized spacial score (nSPS) is 10.1. The fourth-order valence-corrected chi connectivity index (χ4v) is 1.88. The van der Waals surface area contributed by atoms with E-state index in [0.29, 0.717) is 10.3 Å². The fraction of sp³-hybridized carbons (Fsp3) is 0.0909. The van der Waals surface area contributed by atoms with E-state index < -0.39 is 12.0 Å². The van der Waals surface area contributed by atoms with E-state index in [1.807, 2.05) is 0 Å². The smallest absolute Gasteiger partial charge is 0.337 e. The minimum Gasteiger partial charge on any atom is -0.478 e. The highest BCUT2D eigenvalue weighted by molar-refractivity contribution is 9.10. The summed E-state index contributed by atoms with van der Waals surface area (Å²) < 4.78 is 4.98. The van der Waals surface area contributed by atoms with E-state index in [9.17, 15) is 9.59 Å². The molecular formula is C11H9BrN4O4. The Labute approximate surface area is 121 Å². The van der Waals surface area contributed by atoms with Gasteiger partial charge in [-0.1, -0.05) is 11.2 Å². The summed E-state index contributed by atoms with van der Waals surface area (Å²) in [5, 5.41) is 17.5. The number of halogens is 1. The molecule has 1 heterocycles. The summed E-state index contributed by atoms with van der Waals surface area (Å²) in [4.78, 5) is 26.5. The number of urea groups is 1.